The number of alkyl carbamates (subject to hydrolysis) is 1. The summed E-state index contributed by atoms with van der Waals surface area (Å²) in [5.41, 5.74) is -0.702. The van der Waals surface area contributed by atoms with Gasteiger partial charge in [-0.1, -0.05) is 12.1 Å². The highest BCUT2D eigenvalue weighted by Gasteiger charge is 2.35. The lowest BCUT2D eigenvalue weighted by Crippen LogP contribution is -2.60. The smallest absolute Gasteiger partial charge is 0.407 e. The van der Waals surface area contributed by atoms with E-state index in [2.05, 4.69) is 26.3 Å². The molecule has 2 aliphatic rings. The fourth-order valence-corrected chi connectivity index (χ4v) is 5.50. The predicted octanol–water partition coefficient (Wildman–Crippen LogP) is 2.49. The first-order valence-corrected chi connectivity index (χ1v) is 15.4. The maximum absolute atomic E-state index is 12.8. The molecule has 1 aromatic carbocycles. The molecule has 1 saturated carbocycles. The van der Waals surface area contributed by atoms with Crippen molar-refractivity contribution in [3.8, 4) is 5.69 Å². The molecule has 1 aliphatic heterocycles. The second kappa shape index (κ2) is 14.2. The van der Waals surface area contributed by atoms with Crippen LogP contribution < -0.4 is 27.0 Å². The van der Waals surface area contributed by atoms with Crippen molar-refractivity contribution in [3.63, 3.8) is 0 Å². The number of amides is 5. The molecular weight excluding hydrogens is 596 g/mol. The number of nitrogens with one attached hydrogen (secondary N) is 4. The van der Waals surface area contributed by atoms with Crippen molar-refractivity contribution in [1.82, 2.24) is 35.3 Å². The van der Waals surface area contributed by atoms with Gasteiger partial charge in [-0.2, -0.15) is 4.98 Å². The van der Waals surface area contributed by atoms with Crippen LogP contribution >= 0.6 is 0 Å². The van der Waals surface area contributed by atoms with Crippen LogP contribution in [-0.4, -0.2) is 98.0 Å². The highest BCUT2D eigenvalue weighted by atomic mass is 16.6. The monoisotopic (exact) mass is 640 g/mol. The number of piperazine rings is 1. The summed E-state index contributed by atoms with van der Waals surface area (Å²) >= 11 is 0. The van der Waals surface area contributed by atoms with Gasteiger partial charge in [-0.05, 0) is 77.6 Å². The maximum atomic E-state index is 12.8. The first-order valence-electron chi connectivity index (χ1n) is 15.4. The van der Waals surface area contributed by atoms with Gasteiger partial charge in [0.05, 0.1) is 5.69 Å². The Bertz CT molecular complexity index is 1480. The fourth-order valence-electron chi connectivity index (χ4n) is 5.50. The summed E-state index contributed by atoms with van der Waals surface area (Å²) in [5.74, 6) is -0.269. The molecule has 2 aromatic rings. The third kappa shape index (κ3) is 9.42. The largest absolute Gasteiger partial charge is 0.465 e. The lowest BCUT2D eigenvalue weighted by atomic mass is 10.0. The van der Waals surface area contributed by atoms with Crippen molar-refractivity contribution in [3.05, 3.63) is 52.6 Å². The van der Waals surface area contributed by atoms with E-state index < -0.39 is 35.0 Å². The number of aromatic nitrogens is 2. The average Bonchev–Trinajstić information content (AvgIpc) is 3.41. The van der Waals surface area contributed by atoms with Crippen LogP contribution in [0.3, 0.4) is 0 Å². The zero-order chi connectivity index (χ0) is 33.6. The molecule has 5 amide bonds. The van der Waals surface area contributed by atoms with Crippen LogP contribution in [0.2, 0.25) is 0 Å². The van der Waals surface area contributed by atoms with Crippen LogP contribution in [0.4, 0.5) is 20.2 Å². The quantitative estimate of drug-likeness (QED) is 0.289. The summed E-state index contributed by atoms with van der Waals surface area (Å²) in [6.45, 7) is 10.1. The Balaban J connectivity index is 1.24. The van der Waals surface area contributed by atoms with Gasteiger partial charge in [0.2, 0.25) is 5.91 Å². The molecule has 250 valence electrons. The molecule has 46 heavy (non-hydrogen) atoms. The van der Waals surface area contributed by atoms with E-state index in [0.29, 0.717) is 12.2 Å². The summed E-state index contributed by atoms with van der Waals surface area (Å²) in [4.78, 5) is 68.4. The number of hydrogen-bond donors (Lipinski definition) is 5. The lowest BCUT2D eigenvalue weighted by Gasteiger charge is -2.38. The van der Waals surface area contributed by atoms with Crippen molar-refractivity contribution in [2.24, 2.45) is 0 Å². The van der Waals surface area contributed by atoms with Crippen LogP contribution in [0.5, 0.6) is 0 Å². The lowest BCUT2D eigenvalue weighted by molar-refractivity contribution is -0.138. The summed E-state index contributed by atoms with van der Waals surface area (Å²) < 4.78 is 6.73. The van der Waals surface area contributed by atoms with Gasteiger partial charge >= 0.3 is 23.9 Å². The van der Waals surface area contributed by atoms with E-state index in [1.165, 1.54) is 34.3 Å². The van der Waals surface area contributed by atoms with E-state index in [1.54, 1.807) is 6.20 Å². The van der Waals surface area contributed by atoms with Gasteiger partial charge in [0.15, 0.2) is 0 Å². The number of rotatable bonds is 8. The average molecular weight is 641 g/mol. The van der Waals surface area contributed by atoms with E-state index >= 15 is 0 Å². The molecule has 1 saturated heterocycles. The summed E-state index contributed by atoms with van der Waals surface area (Å²) in [5, 5.41) is 20.3. The molecule has 0 unspecified atom stereocenters. The van der Waals surface area contributed by atoms with Crippen molar-refractivity contribution in [2.75, 3.05) is 31.5 Å². The fraction of sp³-hybridized carbons (Fsp3) is 0.548. The minimum absolute atomic E-state index is 0.0741. The number of carbonyl (C=O) groups is 4. The van der Waals surface area contributed by atoms with Crippen LogP contribution in [-0.2, 0) is 16.1 Å². The van der Waals surface area contributed by atoms with Crippen LogP contribution in [0.1, 0.15) is 59.4 Å². The summed E-state index contributed by atoms with van der Waals surface area (Å²) in [7, 11) is 0. The first-order chi connectivity index (χ1) is 21.6. The van der Waals surface area contributed by atoms with Gasteiger partial charge in [0.25, 0.3) is 0 Å². The second-order valence-corrected chi connectivity index (χ2v) is 13.1. The number of hydrogen-bond acceptors (Lipinski definition) is 8. The Morgan fingerprint density at radius 3 is 2.17 bits per heavy atom. The van der Waals surface area contributed by atoms with Crippen molar-refractivity contribution < 1.29 is 29.0 Å². The second-order valence-electron chi connectivity index (χ2n) is 13.1. The molecule has 0 radical (unpaired) electrons. The molecular formula is C31H44N8O7. The molecule has 0 spiro atoms. The van der Waals surface area contributed by atoms with Gasteiger partial charge in [-0.3, -0.25) is 14.7 Å². The number of ether oxygens (including phenoxy) is 1. The molecule has 2 fully saturated rings. The van der Waals surface area contributed by atoms with E-state index in [4.69, 9.17) is 9.84 Å². The number of benzene rings is 1. The maximum Gasteiger partial charge on any atom is 0.407 e. The molecule has 1 aromatic heterocycles. The van der Waals surface area contributed by atoms with E-state index in [9.17, 15) is 24.0 Å². The van der Waals surface area contributed by atoms with E-state index in [0.717, 1.165) is 24.8 Å². The number of carbonyl (C=O) groups excluding carboxylic acids is 3. The Labute approximate surface area is 267 Å². The third-order valence-corrected chi connectivity index (χ3v) is 7.81. The molecule has 5 N–H and O–H groups in total. The Hall–Kier alpha value is -4.66. The minimum Gasteiger partial charge on any atom is -0.465 e. The topological polar surface area (TPSA) is 187 Å². The van der Waals surface area contributed by atoms with Gasteiger partial charge in [0.1, 0.15) is 17.0 Å². The highest BCUT2D eigenvalue weighted by molar-refractivity contribution is 5.90. The molecule has 2 heterocycles. The zero-order valence-corrected chi connectivity index (χ0v) is 27.0. The number of carboxylic acid groups (broad SMARTS) is 1. The van der Waals surface area contributed by atoms with Gasteiger partial charge in [-0.25, -0.2) is 19.2 Å². The predicted molar refractivity (Wildman–Crippen MR) is 170 cm³/mol. The van der Waals surface area contributed by atoms with Crippen LogP contribution in [0.25, 0.3) is 5.69 Å². The standard InChI is InChI=1S/C31H44N8O7/c1-30(2,3)46-29(45)33-22-9-8-21(18-22)32-19-20-6-10-23(11-7-20)39-13-12-24(35-27(39)42)34-26(41)38-16-14-37(15-17-38)25(40)31(4,5)36-28(43)44/h6-7,10-13,21-22,32,36H,8-9,14-19H2,1-5H3,(H,33,45)(H,43,44)(H,34,35,41,42)/t21-,22-/m0/s1. The summed E-state index contributed by atoms with van der Waals surface area (Å²) in [6.07, 6.45) is 2.51. The van der Waals surface area contributed by atoms with Gasteiger partial charge < -0.3 is 35.6 Å². The van der Waals surface area contributed by atoms with Crippen LogP contribution in [0.15, 0.2) is 41.3 Å². The number of nitrogens with zero attached hydrogens (tertiary/aromatic N) is 4. The molecule has 0 bridgehead atoms. The molecule has 15 heteroatoms. The Morgan fingerprint density at radius 2 is 1.57 bits per heavy atom. The van der Waals surface area contributed by atoms with Gasteiger partial charge in [0, 0.05) is 51.0 Å². The third-order valence-electron chi connectivity index (χ3n) is 7.81. The van der Waals surface area contributed by atoms with E-state index in [-0.39, 0.29) is 50.0 Å². The highest BCUT2D eigenvalue weighted by Crippen LogP contribution is 2.21. The normalized spacial score (nSPS) is 18.5. The minimum atomic E-state index is -1.29. The number of anilines is 1. The van der Waals surface area contributed by atoms with Crippen molar-refractivity contribution in [2.45, 2.75) is 83.6 Å². The molecule has 4 rings (SSSR count). The molecule has 2 atom stereocenters. The van der Waals surface area contributed by atoms with Gasteiger partial charge in [-0.15, -0.1) is 0 Å². The zero-order valence-electron chi connectivity index (χ0n) is 27.0. The van der Waals surface area contributed by atoms with Crippen molar-refractivity contribution >= 4 is 29.9 Å². The SMILES string of the molecule is CC(C)(C)OC(=O)N[C@H]1CC[C@H](NCc2ccc(-n3ccc(NC(=O)N4CCN(C(=O)C(C)(C)NC(=O)O)CC4)nc3=O)cc2)C1. The molecule has 15 nitrogen and oxygen atoms in total. The Kier molecular flexibility index (Phi) is 10.6. The first kappa shape index (κ1) is 34.2. The van der Waals surface area contributed by atoms with E-state index in [1.807, 2.05) is 45.0 Å². The summed E-state index contributed by atoms with van der Waals surface area (Å²) in [6, 6.07) is 8.95. The van der Waals surface area contributed by atoms with Crippen molar-refractivity contribution in [1.29, 1.82) is 0 Å². The molecule has 1 aliphatic carbocycles. The van der Waals surface area contributed by atoms with Crippen LogP contribution in [0, 0.1) is 0 Å². The Morgan fingerprint density at radius 1 is 0.935 bits per heavy atom. The number of urea groups is 1.